The minimum atomic E-state index is 0.236. The molecule has 0 spiro atoms. The van der Waals surface area contributed by atoms with E-state index in [1.165, 1.54) is 56.9 Å². The number of allylic oxidation sites excluding steroid dienone is 3. The van der Waals surface area contributed by atoms with Crippen LogP contribution in [-0.2, 0) is 9.47 Å². The number of hydrogen-bond acceptors (Lipinski definition) is 3. The van der Waals surface area contributed by atoms with Gasteiger partial charge in [-0.05, 0) is 93.3 Å². The Bertz CT molecular complexity index is 637. The Morgan fingerprint density at radius 2 is 1.91 bits per heavy atom. The number of methoxy groups -OCH3 is 2. The molecule has 3 rings (SSSR count). The van der Waals surface area contributed by atoms with Crippen molar-refractivity contribution in [3.63, 3.8) is 0 Å². The molecule has 0 radical (unpaired) electrons. The maximum atomic E-state index is 9.85. The number of fused-ring (bicyclic) bond motifs is 1. The molecular formula is C29H50O3. The molecule has 3 aliphatic carbocycles. The van der Waals surface area contributed by atoms with Crippen molar-refractivity contribution in [1.29, 1.82) is 0 Å². The molecule has 3 saturated carbocycles. The average molecular weight is 447 g/mol. The Balaban J connectivity index is 1.67. The lowest BCUT2D eigenvalue weighted by molar-refractivity contribution is 0.00500. The topological polar surface area (TPSA) is 38.7 Å². The summed E-state index contributed by atoms with van der Waals surface area (Å²) in [5.74, 6) is 3.17. The SMILES string of the molecule is COC(C)CCCC(C)C1CCC2/C(=C/C=C3/C[C@@H](CO)C(C)[C@H](OC)C3)CCC[C@@]21C. The molecule has 8 atom stereocenters. The lowest BCUT2D eigenvalue weighted by Crippen LogP contribution is -2.36. The Hall–Kier alpha value is -0.640. The van der Waals surface area contributed by atoms with Crippen LogP contribution in [0.15, 0.2) is 23.3 Å². The number of ether oxygens (including phenoxy) is 2. The highest BCUT2D eigenvalue weighted by Crippen LogP contribution is 2.60. The first-order valence-electron chi connectivity index (χ1n) is 13.4. The number of hydrogen-bond donors (Lipinski definition) is 1. The van der Waals surface area contributed by atoms with Crippen molar-refractivity contribution >= 4 is 0 Å². The predicted molar refractivity (Wildman–Crippen MR) is 134 cm³/mol. The van der Waals surface area contributed by atoms with Crippen LogP contribution < -0.4 is 0 Å². The summed E-state index contributed by atoms with van der Waals surface area (Å²) in [4.78, 5) is 0. The molecule has 3 aliphatic rings. The van der Waals surface area contributed by atoms with Crippen LogP contribution in [0, 0.1) is 35.0 Å². The van der Waals surface area contributed by atoms with Crippen molar-refractivity contribution in [1.82, 2.24) is 0 Å². The largest absolute Gasteiger partial charge is 0.396 e. The standard InChI is InChI=1S/C29H50O3/c1-20(9-7-10-21(2)31-5)26-14-15-27-24(11-8-16-29(26,27)4)13-12-23-17-25(19-30)22(3)28(18-23)32-6/h12-13,20-22,25-28,30H,7-11,14-19H2,1-6H3/b23-12-,24-13+/t20?,21?,22?,25-,26?,27?,28+,29+/m0/s1. The van der Waals surface area contributed by atoms with Crippen molar-refractivity contribution in [3.05, 3.63) is 23.3 Å². The normalized spacial score (nSPS) is 39.9. The van der Waals surface area contributed by atoms with Gasteiger partial charge in [-0.1, -0.05) is 56.9 Å². The highest BCUT2D eigenvalue weighted by molar-refractivity contribution is 5.26. The second kappa shape index (κ2) is 11.7. The summed E-state index contributed by atoms with van der Waals surface area (Å²) < 4.78 is 11.2. The first-order chi connectivity index (χ1) is 15.3. The van der Waals surface area contributed by atoms with Crippen molar-refractivity contribution < 1.29 is 14.6 Å². The predicted octanol–water partition coefficient (Wildman–Crippen LogP) is 6.95. The Morgan fingerprint density at radius 3 is 2.59 bits per heavy atom. The van der Waals surface area contributed by atoms with Gasteiger partial charge in [0.1, 0.15) is 0 Å². The molecular weight excluding hydrogens is 396 g/mol. The molecule has 5 unspecified atom stereocenters. The fourth-order valence-electron chi connectivity index (χ4n) is 7.50. The molecule has 0 heterocycles. The first kappa shape index (κ1) is 26.0. The third kappa shape index (κ3) is 5.70. The van der Waals surface area contributed by atoms with E-state index in [2.05, 4.69) is 39.8 Å². The molecule has 0 aromatic rings. The van der Waals surface area contributed by atoms with Crippen LogP contribution in [0.2, 0.25) is 0 Å². The zero-order chi connectivity index (χ0) is 23.3. The second-order valence-corrected chi connectivity index (χ2v) is 11.6. The fraction of sp³-hybridized carbons (Fsp3) is 0.862. The van der Waals surface area contributed by atoms with Crippen molar-refractivity contribution in [2.75, 3.05) is 20.8 Å². The molecule has 184 valence electrons. The van der Waals surface area contributed by atoms with E-state index in [1.807, 2.05) is 14.2 Å². The minimum absolute atomic E-state index is 0.236. The van der Waals surface area contributed by atoms with Crippen LogP contribution in [0.25, 0.3) is 0 Å². The van der Waals surface area contributed by atoms with Crippen molar-refractivity contribution in [2.24, 2.45) is 35.0 Å². The number of rotatable bonds is 9. The fourth-order valence-corrected chi connectivity index (χ4v) is 7.50. The molecule has 0 saturated heterocycles. The molecule has 1 N–H and O–H groups in total. The average Bonchev–Trinajstić information content (AvgIpc) is 3.15. The summed E-state index contributed by atoms with van der Waals surface area (Å²) in [6, 6.07) is 0. The third-order valence-corrected chi connectivity index (χ3v) is 9.79. The van der Waals surface area contributed by atoms with Crippen LogP contribution >= 0.6 is 0 Å². The van der Waals surface area contributed by atoms with Gasteiger partial charge < -0.3 is 14.6 Å². The molecule has 32 heavy (non-hydrogen) atoms. The molecule has 3 heteroatoms. The Kier molecular flexibility index (Phi) is 9.47. The molecule has 0 aromatic carbocycles. The van der Waals surface area contributed by atoms with Gasteiger partial charge >= 0.3 is 0 Å². The van der Waals surface area contributed by atoms with Crippen LogP contribution in [0.5, 0.6) is 0 Å². The molecule has 3 nitrogen and oxygen atoms in total. The van der Waals surface area contributed by atoms with Gasteiger partial charge in [0.2, 0.25) is 0 Å². The zero-order valence-corrected chi connectivity index (χ0v) is 21.7. The minimum Gasteiger partial charge on any atom is -0.396 e. The lowest BCUT2D eigenvalue weighted by atomic mass is 9.60. The monoisotopic (exact) mass is 446 g/mol. The molecule has 0 amide bonds. The second-order valence-electron chi connectivity index (χ2n) is 11.6. The number of aliphatic hydroxyl groups excluding tert-OH is 1. The van der Waals surface area contributed by atoms with Gasteiger partial charge in [0.05, 0.1) is 12.2 Å². The van der Waals surface area contributed by atoms with E-state index in [1.54, 1.807) is 5.57 Å². The molecule has 0 aliphatic heterocycles. The van der Waals surface area contributed by atoms with Gasteiger partial charge in [0, 0.05) is 20.8 Å². The van der Waals surface area contributed by atoms with Gasteiger partial charge in [-0.15, -0.1) is 0 Å². The van der Waals surface area contributed by atoms with Gasteiger partial charge in [-0.2, -0.15) is 0 Å². The van der Waals surface area contributed by atoms with E-state index in [-0.39, 0.29) is 12.7 Å². The summed E-state index contributed by atoms with van der Waals surface area (Å²) in [5.41, 5.74) is 3.63. The smallest absolute Gasteiger partial charge is 0.0637 e. The van der Waals surface area contributed by atoms with E-state index < -0.39 is 0 Å². The van der Waals surface area contributed by atoms with E-state index in [0.717, 1.165) is 30.6 Å². The molecule has 3 fully saturated rings. The Labute approximate surface area is 198 Å². The number of aliphatic hydroxyl groups is 1. The van der Waals surface area contributed by atoms with E-state index in [9.17, 15) is 5.11 Å². The Morgan fingerprint density at radius 1 is 1.12 bits per heavy atom. The quantitative estimate of drug-likeness (QED) is 0.416. The molecule has 0 bridgehead atoms. The summed E-state index contributed by atoms with van der Waals surface area (Å²) in [7, 11) is 3.65. The lowest BCUT2D eigenvalue weighted by Gasteiger charge is -2.44. The van der Waals surface area contributed by atoms with Crippen LogP contribution in [0.1, 0.15) is 91.9 Å². The van der Waals surface area contributed by atoms with Gasteiger partial charge in [0.25, 0.3) is 0 Å². The summed E-state index contributed by atoms with van der Waals surface area (Å²) >= 11 is 0. The zero-order valence-electron chi connectivity index (χ0n) is 21.7. The highest BCUT2D eigenvalue weighted by Gasteiger charge is 2.50. The van der Waals surface area contributed by atoms with E-state index in [4.69, 9.17) is 9.47 Å². The van der Waals surface area contributed by atoms with E-state index >= 15 is 0 Å². The van der Waals surface area contributed by atoms with Crippen molar-refractivity contribution in [3.8, 4) is 0 Å². The van der Waals surface area contributed by atoms with Crippen LogP contribution in [0.3, 0.4) is 0 Å². The van der Waals surface area contributed by atoms with Gasteiger partial charge in [-0.25, -0.2) is 0 Å². The van der Waals surface area contributed by atoms with E-state index in [0.29, 0.717) is 23.4 Å². The van der Waals surface area contributed by atoms with Gasteiger partial charge in [0.15, 0.2) is 0 Å². The molecule has 0 aromatic heterocycles. The maximum Gasteiger partial charge on any atom is 0.0637 e. The van der Waals surface area contributed by atoms with Crippen LogP contribution in [0.4, 0.5) is 0 Å². The first-order valence-corrected chi connectivity index (χ1v) is 13.4. The summed E-state index contributed by atoms with van der Waals surface area (Å²) in [5, 5.41) is 9.85. The highest BCUT2D eigenvalue weighted by atomic mass is 16.5. The maximum absolute atomic E-state index is 9.85. The van der Waals surface area contributed by atoms with Crippen LogP contribution in [-0.4, -0.2) is 38.1 Å². The third-order valence-electron chi connectivity index (χ3n) is 9.79. The summed E-state index contributed by atoms with van der Waals surface area (Å²) in [6.45, 7) is 9.80. The van der Waals surface area contributed by atoms with Crippen molar-refractivity contribution in [2.45, 2.75) is 104 Å². The summed E-state index contributed by atoms with van der Waals surface area (Å²) in [6.07, 6.45) is 18.1. The van der Waals surface area contributed by atoms with Gasteiger partial charge in [-0.3, -0.25) is 0 Å².